The van der Waals surface area contributed by atoms with Crippen LogP contribution in [0.25, 0.3) is 0 Å². The largest absolute Gasteiger partial charge is 0.480 e. The lowest BCUT2D eigenvalue weighted by molar-refractivity contribution is -0.141. The van der Waals surface area contributed by atoms with E-state index in [2.05, 4.69) is 0 Å². The molecule has 1 aliphatic heterocycles. The summed E-state index contributed by atoms with van der Waals surface area (Å²) in [6.07, 6.45) is 0. The highest BCUT2D eigenvalue weighted by atomic mass is 32.2. The standard InChI is InChI=1S/C12H22N2O4S/c1-4-13(8-12(2,3)18)11(17)14-5-6-19-7-9(14)10(15)16/h9,18H,4-8H2,1-3H3,(H,15,16). The zero-order valence-electron chi connectivity index (χ0n) is 11.6. The van der Waals surface area contributed by atoms with Crippen molar-refractivity contribution in [3.63, 3.8) is 0 Å². The summed E-state index contributed by atoms with van der Waals surface area (Å²) in [5.74, 6) is 0.191. The Morgan fingerprint density at radius 2 is 2.11 bits per heavy atom. The Balaban J connectivity index is 2.79. The summed E-state index contributed by atoms with van der Waals surface area (Å²) in [5, 5.41) is 19.0. The number of nitrogens with zero attached hydrogens (tertiary/aromatic N) is 2. The third kappa shape index (κ3) is 4.58. The van der Waals surface area contributed by atoms with Crippen LogP contribution in [0.1, 0.15) is 20.8 Å². The Kier molecular flexibility index (Phi) is 5.49. The van der Waals surface area contributed by atoms with Gasteiger partial charge in [-0.25, -0.2) is 9.59 Å². The molecule has 0 aromatic rings. The van der Waals surface area contributed by atoms with Crippen LogP contribution in [-0.4, -0.2) is 74.8 Å². The summed E-state index contributed by atoms with van der Waals surface area (Å²) in [6, 6.07) is -1.08. The number of rotatable bonds is 4. The highest BCUT2D eigenvalue weighted by Gasteiger charge is 2.35. The van der Waals surface area contributed by atoms with Gasteiger partial charge in [0.1, 0.15) is 6.04 Å². The average Bonchev–Trinajstić information content (AvgIpc) is 2.34. The van der Waals surface area contributed by atoms with Crippen LogP contribution in [0.5, 0.6) is 0 Å². The van der Waals surface area contributed by atoms with Crippen molar-refractivity contribution in [3.05, 3.63) is 0 Å². The number of aliphatic carboxylic acids is 1. The number of aliphatic hydroxyl groups is 1. The molecule has 1 saturated heterocycles. The molecular weight excluding hydrogens is 268 g/mol. The first-order valence-corrected chi connectivity index (χ1v) is 7.50. The zero-order chi connectivity index (χ0) is 14.6. The van der Waals surface area contributed by atoms with Gasteiger partial charge in [0.05, 0.1) is 12.1 Å². The second kappa shape index (κ2) is 6.47. The average molecular weight is 290 g/mol. The van der Waals surface area contributed by atoms with Gasteiger partial charge in [0.25, 0.3) is 0 Å². The molecule has 0 bridgehead atoms. The van der Waals surface area contributed by atoms with Gasteiger partial charge < -0.3 is 20.0 Å². The molecule has 7 heteroatoms. The van der Waals surface area contributed by atoms with Crippen LogP contribution in [0, 0.1) is 0 Å². The maximum Gasteiger partial charge on any atom is 0.327 e. The summed E-state index contributed by atoms with van der Waals surface area (Å²) in [5.41, 5.74) is -0.991. The van der Waals surface area contributed by atoms with Crippen LogP contribution in [0.4, 0.5) is 4.79 Å². The first-order chi connectivity index (χ1) is 8.76. The van der Waals surface area contributed by atoms with E-state index in [1.807, 2.05) is 6.92 Å². The van der Waals surface area contributed by atoms with Gasteiger partial charge in [-0.3, -0.25) is 0 Å². The molecule has 1 heterocycles. The summed E-state index contributed by atoms with van der Waals surface area (Å²) in [6.45, 7) is 6.14. The lowest BCUT2D eigenvalue weighted by Crippen LogP contribution is -2.56. The number of hydrogen-bond acceptors (Lipinski definition) is 4. The Hall–Kier alpha value is -0.950. The van der Waals surface area contributed by atoms with Crippen LogP contribution in [-0.2, 0) is 4.79 Å². The number of urea groups is 1. The van der Waals surface area contributed by atoms with Crippen molar-refractivity contribution in [2.75, 3.05) is 31.1 Å². The number of carboxylic acids is 1. The van der Waals surface area contributed by atoms with Gasteiger partial charge >= 0.3 is 12.0 Å². The van der Waals surface area contributed by atoms with Crippen molar-refractivity contribution < 1.29 is 19.8 Å². The minimum Gasteiger partial charge on any atom is -0.480 e. The number of carbonyl (C=O) groups excluding carboxylic acids is 1. The molecule has 0 aliphatic carbocycles. The van der Waals surface area contributed by atoms with E-state index < -0.39 is 17.6 Å². The van der Waals surface area contributed by atoms with Gasteiger partial charge in [0.15, 0.2) is 0 Å². The third-order valence-electron chi connectivity index (χ3n) is 2.89. The fourth-order valence-corrected chi connectivity index (χ4v) is 3.04. The van der Waals surface area contributed by atoms with E-state index in [9.17, 15) is 14.7 Å². The highest BCUT2D eigenvalue weighted by molar-refractivity contribution is 7.99. The number of amides is 2. The number of carboxylic acid groups (broad SMARTS) is 1. The summed E-state index contributed by atoms with van der Waals surface area (Å²) in [7, 11) is 0. The molecule has 1 atom stereocenters. The maximum atomic E-state index is 12.4. The van der Waals surface area contributed by atoms with Crippen LogP contribution >= 0.6 is 11.8 Å². The molecule has 6 nitrogen and oxygen atoms in total. The van der Waals surface area contributed by atoms with Crippen molar-refractivity contribution in [2.45, 2.75) is 32.4 Å². The summed E-state index contributed by atoms with van der Waals surface area (Å²) in [4.78, 5) is 26.5. The minimum absolute atomic E-state index is 0.193. The first-order valence-electron chi connectivity index (χ1n) is 6.34. The van der Waals surface area contributed by atoms with Gasteiger partial charge in [-0.15, -0.1) is 0 Å². The predicted octanol–water partition coefficient (Wildman–Crippen LogP) is 0.701. The van der Waals surface area contributed by atoms with Crippen molar-refractivity contribution >= 4 is 23.8 Å². The van der Waals surface area contributed by atoms with E-state index in [-0.39, 0.29) is 12.6 Å². The summed E-state index contributed by atoms with van der Waals surface area (Å²) < 4.78 is 0. The molecule has 0 aromatic carbocycles. The Morgan fingerprint density at radius 3 is 2.58 bits per heavy atom. The number of likely N-dealkylation sites (N-methyl/N-ethyl adjacent to an activating group) is 1. The van der Waals surface area contributed by atoms with Gasteiger partial charge in [-0.05, 0) is 20.8 Å². The van der Waals surface area contributed by atoms with E-state index >= 15 is 0 Å². The van der Waals surface area contributed by atoms with E-state index in [1.54, 1.807) is 25.6 Å². The molecule has 1 aliphatic rings. The van der Waals surface area contributed by atoms with Crippen LogP contribution in [0.15, 0.2) is 0 Å². The number of hydrogen-bond donors (Lipinski definition) is 2. The number of thioether (sulfide) groups is 1. The van der Waals surface area contributed by atoms with E-state index in [0.717, 1.165) is 5.75 Å². The smallest absolute Gasteiger partial charge is 0.327 e. The van der Waals surface area contributed by atoms with Gasteiger partial charge in [-0.2, -0.15) is 11.8 Å². The molecule has 0 spiro atoms. The molecule has 2 amide bonds. The van der Waals surface area contributed by atoms with E-state index in [4.69, 9.17) is 5.11 Å². The molecule has 1 rings (SSSR count). The van der Waals surface area contributed by atoms with Crippen molar-refractivity contribution in [1.82, 2.24) is 9.80 Å². The molecule has 2 N–H and O–H groups in total. The molecular formula is C12H22N2O4S. The maximum absolute atomic E-state index is 12.4. The van der Waals surface area contributed by atoms with Gasteiger partial charge in [0.2, 0.25) is 0 Å². The van der Waals surface area contributed by atoms with E-state index in [0.29, 0.717) is 18.8 Å². The second-order valence-electron chi connectivity index (χ2n) is 5.23. The lowest BCUT2D eigenvalue weighted by Gasteiger charge is -2.38. The minimum atomic E-state index is -0.991. The molecule has 1 unspecified atom stereocenters. The van der Waals surface area contributed by atoms with Crippen LogP contribution in [0.2, 0.25) is 0 Å². The topological polar surface area (TPSA) is 81.1 Å². The Bertz CT molecular complexity index is 343. The predicted molar refractivity (Wildman–Crippen MR) is 74.4 cm³/mol. The molecule has 110 valence electrons. The normalized spacial score (nSPS) is 20.2. The molecule has 0 radical (unpaired) electrons. The number of carbonyl (C=O) groups is 2. The van der Waals surface area contributed by atoms with E-state index in [1.165, 1.54) is 9.80 Å². The van der Waals surface area contributed by atoms with Crippen molar-refractivity contribution in [2.24, 2.45) is 0 Å². The third-order valence-corrected chi connectivity index (χ3v) is 3.91. The molecule has 0 aromatic heterocycles. The monoisotopic (exact) mass is 290 g/mol. The van der Waals surface area contributed by atoms with Crippen LogP contribution < -0.4 is 0 Å². The SMILES string of the molecule is CCN(CC(C)(C)O)C(=O)N1CCSCC1C(=O)O. The Labute approximate surface area is 117 Å². The van der Waals surface area contributed by atoms with Crippen molar-refractivity contribution in [1.29, 1.82) is 0 Å². The summed E-state index contributed by atoms with van der Waals surface area (Å²) >= 11 is 1.54. The van der Waals surface area contributed by atoms with Crippen LogP contribution in [0.3, 0.4) is 0 Å². The lowest BCUT2D eigenvalue weighted by atomic mass is 10.1. The molecule has 0 saturated carbocycles. The quantitative estimate of drug-likeness (QED) is 0.796. The van der Waals surface area contributed by atoms with Gasteiger partial charge in [0, 0.05) is 24.6 Å². The molecule has 1 fully saturated rings. The first kappa shape index (κ1) is 16.1. The van der Waals surface area contributed by atoms with Gasteiger partial charge in [-0.1, -0.05) is 0 Å². The zero-order valence-corrected chi connectivity index (χ0v) is 12.4. The fraction of sp³-hybridized carbons (Fsp3) is 0.833. The fourth-order valence-electron chi connectivity index (χ4n) is 2.00. The Morgan fingerprint density at radius 1 is 1.47 bits per heavy atom. The second-order valence-corrected chi connectivity index (χ2v) is 6.38. The highest BCUT2D eigenvalue weighted by Crippen LogP contribution is 2.19. The van der Waals surface area contributed by atoms with Crippen molar-refractivity contribution in [3.8, 4) is 0 Å². The molecule has 19 heavy (non-hydrogen) atoms.